The summed E-state index contributed by atoms with van der Waals surface area (Å²) in [5.74, 6) is 0. The number of rotatable bonds is 8. The maximum Gasteiger partial charge on any atom is -0.00307 e. The third-order valence-electron chi connectivity index (χ3n) is 20.1. The highest BCUT2D eigenvalue weighted by molar-refractivity contribution is 5.60. The average molecular weight is 745 g/mol. The fraction of sp³-hybridized carbons (Fsp3) is 0.643. The minimum Gasteiger partial charge on any atom is -0.0985 e. The highest BCUT2D eigenvalue weighted by Gasteiger charge is 2.80. The van der Waals surface area contributed by atoms with Gasteiger partial charge in [0.2, 0.25) is 0 Å². The van der Waals surface area contributed by atoms with E-state index >= 15 is 0 Å². The van der Waals surface area contributed by atoms with Gasteiger partial charge in [0.25, 0.3) is 0 Å². The van der Waals surface area contributed by atoms with E-state index in [-0.39, 0.29) is 10.8 Å². The van der Waals surface area contributed by atoms with Crippen molar-refractivity contribution in [3.63, 3.8) is 0 Å². The largest absolute Gasteiger partial charge is 0.0985 e. The highest BCUT2D eigenvalue weighted by Crippen LogP contribution is 2.90. The van der Waals surface area contributed by atoms with Crippen molar-refractivity contribution >= 4 is 24.3 Å². The molecule has 4 atom stereocenters. The van der Waals surface area contributed by atoms with E-state index in [0.29, 0.717) is 54.1 Å². The van der Waals surface area contributed by atoms with Crippen molar-refractivity contribution in [2.24, 2.45) is 54.1 Å². The molecule has 0 amide bonds. The molecule has 0 aromatic heterocycles. The summed E-state index contributed by atoms with van der Waals surface area (Å²) in [6.45, 7) is 33.8. The molecule has 0 aliphatic heterocycles. The van der Waals surface area contributed by atoms with Gasteiger partial charge in [0, 0.05) is 0 Å². The Kier molecular flexibility index (Phi) is 6.77. The Labute approximate surface area is 341 Å². The molecule has 296 valence electrons. The topological polar surface area (TPSA) is 0 Å². The van der Waals surface area contributed by atoms with Crippen LogP contribution in [0.25, 0.3) is 24.3 Å². The van der Waals surface area contributed by atoms with Crippen LogP contribution in [0, 0.1) is 54.1 Å². The van der Waals surface area contributed by atoms with Crippen LogP contribution in [0.3, 0.4) is 0 Å². The van der Waals surface area contributed by atoms with Gasteiger partial charge in [-0.25, -0.2) is 0 Å². The van der Waals surface area contributed by atoms with Crippen LogP contribution in [-0.2, 0) is 10.8 Å². The second-order valence-electron chi connectivity index (χ2n) is 26.3. The standard InChI is InChI=1S/C56H72/c1-11-39-15-40(12-2)18-43(17-39)51-24-45(5)21-46(6,25-51)29-53(28-45,36-51)55-32-49(9)23-50(10,33-55)35-56(34-49,38-55)54-30-47(7)22-48(8,31-54)27-52(26-47,37-54)44-19-41(13-3)16-42(14-4)20-44/h11-20H,1-4,21-38H2,5-10H3. The monoisotopic (exact) mass is 745 g/mol. The smallest absolute Gasteiger partial charge is 0.00307 e. The highest BCUT2D eigenvalue weighted by atomic mass is 14.8. The summed E-state index contributed by atoms with van der Waals surface area (Å²) in [6.07, 6.45) is 34.3. The van der Waals surface area contributed by atoms with Gasteiger partial charge < -0.3 is 0 Å². The molecule has 12 bridgehead atoms. The summed E-state index contributed by atoms with van der Waals surface area (Å²) in [4.78, 5) is 0. The zero-order chi connectivity index (χ0) is 39.3. The summed E-state index contributed by atoms with van der Waals surface area (Å²) in [7, 11) is 0. The molecule has 0 heterocycles. The summed E-state index contributed by atoms with van der Waals surface area (Å²) in [5.41, 5.74) is 13.0. The maximum atomic E-state index is 4.27. The van der Waals surface area contributed by atoms with Gasteiger partial charge in [0.05, 0.1) is 0 Å². The maximum absolute atomic E-state index is 4.27. The molecule has 0 saturated heterocycles. The predicted molar refractivity (Wildman–Crippen MR) is 238 cm³/mol. The summed E-state index contributed by atoms with van der Waals surface area (Å²) < 4.78 is 0. The van der Waals surface area contributed by atoms with Gasteiger partial charge in [-0.15, -0.1) is 0 Å². The predicted octanol–water partition coefficient (Wildman–Crippen LogP) is 15.6. The van der Waals surface area contributed by atoms with Crippen molar-refractivity contribution in [2.75, 3.05) is 0 Å². The van der Waals surface area contributed by atoms with Gasteiger partial charge in [0.1, 0.15) is 0 Å². The van der Waals surface area contributed by atoms with E-state index in [9.17, 15) is 0 Å². The van der Waals surface area contributed by atoms with E-state index in [4.69, 9.17) is 0 Å². The van der Waals surface area contributed by atoms with E-state index in [1.54, 1.807) is 11.1 Å². The molecule has 0 heteroatoms. The third-order valence-corrected chi connectivity index (χ3v) is 20.1. The van der Waals surface area contributed by atoms with Crippen LogP contribution in [0.1, 0.15) is 190 Å². The van der Waals surface area contributed by atoms with E-state index < -0.39 is 0 Å². The molecule has 12 aliphatic carbocycles. The van der Waals surface area contributed by atoms with Crippen molar-refractivity contribution in [1.82, 2.24) is 0 Å². The van der Waals surface area contributed by atoms with Crippen LogP contribution in [0.2, 0.25) is 0 Å². The Morgan fingerprint density at radius 2 is 0.536 bits per heavy atom. The van der Waals surface area contributed by atoms with Crippen LogP contribution < -0.4 is 0 Å². The summed E-state index contributed by atoms with van der Waals surface area (Å²) in [6, 6.07) is 14.9. The normalized spacial score (nSPS) is 52.7. The summed E-state index contributed by atoms with van der Waals surface area (Å²) >= 11 is 0. The van der Waals surface area contributed by atoms with Gasteiger partial charge in [-0.05, 0) is 226 Å². The molecule has 2 aromatic rings. The van der Waals surface area contributed by atoms with Crippen LogP contribution in [0.5, 0.6) is 0 Å². The molecule has 12 saturated carbocycles. The third kappa shape index (κ3) is 4.66. The molecule has 2 aromatic carbocycles. The second kappa shape index (κ2) is 10.4. The molecule has 12 fully saturated rings. The quantitative estimate of drug-likeness (QED) is 0.252. The van der Waals surface area contributed by atoms with Crippen molar-refractivity contribution in [3.8, 4) is 0 Å². The first kappa shape index (κ1) is 36.5. The van der Waals surface area contributed by atoms with Gasteiger partial charge in [-0.3, -0.25) is 0 Å². The van der Waals surface area contributed by atoms with E-state index in [1.807, 2.05) is 0 Å². The van der Waals surface area contributed by atoms with Gasteiger partial charge in [-0.2, -0.15) is 0 Å². The lowest BCUT2D eigenvalue weighted by Gasteiger charge is -2.83. The first-order valence-corrected chi connectivity index (χ1v) is 23.0. The molecule has 4 unspecified atom stereocenters. The van der Waals surface area contributed by atoms with Crippen LogP contribution in [-0.4, -0.2) is 0 Å². The molecular weight excluding hydrogens is 673 g/mol. The lowest BCUT2D eigenvalue weighted by molar-refractivity contribution is -0.328. The van der Waals surface area contributed by atoms with E-state index in [2.05, 4.69) is 129 Å². The Morgan fingerprint density at radius 3 is 0.786 bits per heavy atom. The minimum absolute atomic E-state index is 0.248. The fourth-order valence-corrected chi connectivity index (χ4v) is 22.4. The number of hydrogen-bond donors (Lipinski definition) is 0. The van der Waals surface area contributed by atoms with Crippen molar-refractivity contribution in [1.29, 1.82) is 0 Å². The first-order valence-electron chi connectivity index (χ1n) is 23.0. The Hall–Kier alpha value is -2.60. The minimum atomic E-state index is 0.248. The van der Waals surface area contributed by atoms with Gasteiger partial charge in [-0.1, -0.05) is 116 Å². The molecule has 0 nitrogen and oxygen atoms in total. The van der Waals surface area contributed by atoms with E-state index in [1.165, 1.54) is 138 Å². The number of benzene rings is 2. The number of hydrogen-bond acceptors (Lipinski definition) is 0. The molecule has 14 rings (SSSR count). The molecule has 12 aliphatic rings. The van der Waals surface area contributed by atoms with Crippen molar-refractivity contribution in [3.05, 3.63) is 96.1 Å². The fourth-order valence-electron chi connectivity index (χ4n) is 22.4. The molecule has 0 radical (unpaired) electrons. The lowest BCUT2D eigenvalue weighted by Crippen LogP contribution is -2.75. The Bertz CT molecular complexity index is 1880. The zero-order valence-corrected chi connectivity index (χ0v) is 36.3. The van der Waals surface area contributed by atoms with Crippen LogP contribution >= 0.6 is 0 Å². The molecule has 56 heavy (non-hydrogen) atoms. The van der Waals surface area contributed by atoms with Gasteiger partial charge in [0.15, 0.2) is 0 Å². The molecule has 0 spiro atoms. The van der Waals surface area contributed by atoms with Crippen LogP contribution in [0.15, 0.2) is 62.7 Å². The SMILES string of the molecule is C=Cc1cc(C=C)cc(C23CC4(C)CC(C)(C2)CC(C25CC6(C)CC(C)(C2)CC(C27CC8(C)CC(C)(CC(c9cc(C=C)cc(C=C)c9)(C8)C2)C7)(C6)C5)(C4)C3)c1. The summed E-state index contributed by atoms with van der Waals surface area (Å²) in [5, 5.41) is 0. The Morgan fingerprint density at radius 1 is 0.304 bits per heavy atom. The zero-order valence-electron chi connectivity index (χ0n) is 36.3. The lowest BCUT2D eigenvalue weighted by atomic mass is 9.21. The van der Waals surface area contributed by atoms with Crippen LogP contribution in [0.4, 0.5) is 0 Å². The second-order valence-corrected chi connectivity index (χ2v) is 26.3. The molecular formula is C56H72. The average Bonchev–Trinajstić information content (AvgIpc) is 3.06. The van der Waals surface area contributed by atoms with Gasteiger partial charge >= 0.3 is 0 Å². The van der Waals surface area contributed by atoms with Crippen molar-refractivity contribution < 1.29 is 0 Å². The Balaban J connectivity index is 1.08. The molecule has 0 N–H and O–H groups in total. The first-order chi connectivity index (χ1) is 26.2. The van der Waals surface area contributed by atoms with Crippen molar-refractivity contribution in [2.45, 2.75) is 168 Å². The van der Waals surface area contributed by atoms with E-state index in [0.717, 1.165) is 0 Å².